The van der Waals surface area contributed by atoms with Gasteiger partial charge in [-0.1, -0.05) is 0 Å². The molecule has 0 saturated heterocycles. The fourth-order valence-corrected chi connectivity index (χ4v) is 1.53. The van der Waals surface area contributed by atoms with E-state index in [9.17, 15) is 9.90 Å². The summed E-state index contributed by atoms with van der Waals surface area (Å²) in [5.74, 6) is -0.294. The molecular weight excluding hydrogens is 218 g/mol. The lowest BCUT2D eigenvalue weighted by Gasteiger charge is -2.08. The Morgan fingerprint density at radius 2 is 2.12 bits per heavy atom. The third-order valence-corrected chi connectivity index (χ3v) is 2.25. The van der Waals surface area contributed by atoms with E-state index in [0.717, 1.165) is 5.52 Å². The van der Waals surface area contributed by atoms with Crippen LogP contribution in [0.1, 0.15) is 24.2 Å². The molecule has 17 heavy (non-hydrogen) atoms. The molecule has 0 bridgehead atoms. The number of rotatable bonds is 2. The molecule has 0 aliphatic carbocycles. The maximum atomic E-state index is 11.7. The predicted molar refractivity (Wildman–Crippen MR) is 64.0 cm³/mol. The summed E-state index contributed by atoms with van der Waals surface area (Å²) in [7, 11) is 0. The maximum Gasteiger partial charge on any atom is 0.338 e. The van der Waals surface area contributed by atoms with Crippen LogP contribution in [-0.4, -0.2) is 22.2 Å². The molecule has 88 valence electrons. The third kappa shape index (κ3) is 2.53. The van der Waals surface area contributed by atoms with Gasteiger partial charge in [0, 0.05) is 5.39 Å². The molecule has 0 aliphatic rings. The molecule has 0 unspecified atom stereocenters. The number of aromatic nitrogens is 1. The molecule has 0 spiro atoms. The fraction of sp³-hybridized carbons (Fsp3) is 0.231. The van der Waals surface area contributed by atoms with Gasteiger partial charge in [-0.2, -0.15) is 0 Å². The van der Waals surface area contributed by atoms with E-state index < -0.39 is 0 Å². The van der Waals surface area contributed by atoms with Crippen LogP contribution in [0.2, 0.25) is 0 Å². The Morgan fingerprint density at radius 3 is 2.82 bits per heavy atom. The molecule has 2 rings (SSSR count). The summed E-state index contributed by atoms with van der Waals surface area (Å²) in [6, 6.07) is 6.62. The van der Waals surface area contributed by atoms with E-state index in [4.69, 9.17) is 4.74 Å². The number of carbonyl (C=O) groups is 1. The zero-order valence-corrected chi connectivity index (χ0v) is 9.68. The van der Waals surface area contributed by atoms with Gasteiger partial charge in [-0.25, -0.2) is 4.79 Å². The normalized spacial score (nSPS) is 10.8. The van der Waals surface area contributed by atoms with Crippen molar-refractivity contribution in [2.45, 2.75) is 20.0 Å². The molecule has 0 aliphatic heterocycles. The van der Waals surface area contributed by atoms with Crippen molar-refractivity contribution in [1.82, 2.24) is 4.98 Å². The van der Waals surface area contributed by atoms with Gasteiger partial charge in [-0.05, 0) is 38.1 Å². The number of nitrogens with zero attached hydrogens (tertiary/aromatic N) is 1. The standard InChI is InChI=1S/C13H13NO3/c1-8(2)17-13(16)9-3-4-12-10(5-9)6-11(15)7-14-12/h3-8,15H,1-2H3. The summed E-state index contributed by atoms with van der Waals surface area (Å²) >= 11 is 0. The lowest BCUT2D eigenvalue weighted by molar-refractivity contribution is 0.0378. The molecular formula is C13H13NO3. The van der Waals surface area contributed by atoms with Crippen LogP contribution in [0.5, 0.6) is 5.75 Å². The molecule has 4 nitrogen and oxygen atoms in total. The maximum absolute atomic E-state index is 11.7. The average molecular weight is 231 g/mol. The van der Waals surface area contributed by atoms with Gasteiger partial charge in [-0.3, -0.25) is 4.98 Å². The zero-order valence-electron chi connectivity index (χ0n) is 9.68. The van der Waals surface area contributed by atoms with Crippen molar-refractivity contribution >= 4 is 16.9 Å². The van der Waals surface area contributed by atoms with Crippen LogP contribution in [0.4, 0.5) is 0 Å². The van der Waals surface area contributed by atoms with Crippen LogP contribution in [-0.2, 0) is 4.74 Å². The highest BCUT2D eigenvalue weighted by Gasteiger charge is 2.10. The van der Waals surface area contributed by atoms with Crippen molar-refractivity contribution in [1.29, 1.82) is 0 Å². The minimum Gasteiger partial charge on any atom is -0.506 e. The average Bonchev–Trinajstić information content (AvgIpc) is 2.27. The molecule has 2 aromatic rings. The van der Waals surface area contributed by atoms with E-state index in [1.165, 1.54) is 6.20 Å². The van der Waals surface area contributed by atoms with Crippen molar-refractivity contribution in [3.8, 4) is 5.75 Å². The molecule has 0 fully saturated rings. The van der Waals surface area contributed by atoms with Crippen molar-refractivity contribution < 1.29 is 14.6 Å². The van der Waals surface area contributed by atoms with Crippen LogP contribution in [0.25, 0.3) is 10.9 Å². The highest BCUT2D eigenvalue weighted by Crippen LogP contribution is 2.19. The zero-order chi connectivity index (χ0) is 12.4. The number of ether oxygens (including phenoxy) is 1. The van der Waals surface area contributed by atoms with Crippen molar-refractivity contribution in [3.05, 3.63) is 36.0 Å². The Bertz CT molecular complexity index is 564. The van der Waals surface area contributed by atoms with Crippen molar-refractivity contribution in [2.24, 2.45) is 0 Å². The van der Waals surface area contributed by atoms with E-state index in [2.05, 4.69) is 4.98 Å². The lowest BCUT2D eigenvalue weighted by Crippen LogP contribution is -2.11. The van der Waals surface area contributed by atoms with Crippen LogP contribution >= 0.6 is 0 Å². The second kappa shape index (κ2) is 4.41. The first-order chi connectivity index (χ1) is 8.06. The molecule has 0 saturated carbocycles. The minimum absolute atomic E-state index is 0.0758. The number of benzene rings is 1. The second-order valence-corrected chi connectivity index (χ2v) is 4.06. The third-order valence-electron chi connectivity index (χ3n) is 2.25. The van der Waals surface area contributed by atoms with E-state index in [-0.39, 0.29) is 17.8 Å². The van der Waals surface area contributed by atoms with Crippen LogP contribution in [0.15, 0.2) is 30.5 Å². The molecule has 1 N–H and O–H groups in total. The van der Waals surface area contributed by atoms with E-state index in [1.54, 1.807) is 38.1 Å². The monoisotopic (exact) mass is 231 g/mol. The molecule has 1 heterocycles. The van der Waals surface area contributed by atoms with Crippen molar-refractivity contribution in [2.75, 3.05) is 0 Å². The Morgan fingerprint density at radius 1 is 1.35 bits per heavy atom. The van der Waals surface area contributed by atoms with Gasteiger partial charge in [0.15, 0.2) is 0 Å². The number of carbonyl (C=O) groups excluding carboxylic acids is 1. The Balaban J connectivity index is 2.40. The summed E-state index contributed by atoms with van der Waals surface area (Å²) in [5.41, 5.74) is 1.18. The lowest BCUT2D eigenvalue weighted by atomic mass is 10.1. The van der Waals surface area contributed by atoms with Gasteiger partial charge in [0.2, 0.25) is 0 Å². The van der Waals surface area contributed by atoms with Gasteiger partial charge < -0.3 is 9.84 Å². The quantitative estimate of drug-likeness (QED) is 0.807. The van der Waals surface area contributed by atoms with E-state index >= 15 is 0 Å². The second-order valence-electron chi connectivity index (χ2n) is 4.06. The number of hydrogen-bond acceptors (Lipinski definition) is 4. The van der Waals surface area contributed by atoms with Crippen LogP contribution < -0.4 is 0 Å². The first kappa shape index (κ1) is 11.4. The van der Waals surface area contributed by atoms with E-state index in [0.29, 0.717) is 10.9 Å². The van der Waals surface area contributed by atoms with Gasteiger partial charge in [0.05, 0.1) is 23.4 Å². The number of fused-ring (bicyclic) bond motifs is 1. The van der Waals surface area contributed by atoms with Gasteiger partial charge in [0.1, 0.15) is 5.75 Å². The Labute approximate surface area is 98.9 Å². The Kier molecular flexibility index (Phi) is 2.95. The fourth-order valence-electron chi connectivity index (χ4n) is 1.53. The SMILES string of the molecule is CC(C)OC(=O)c1ccc2ncc(O)cc2c1. The highest BCUT2D eigenvalue weighted by molar-refractivity contribution is 5.94. The molecule has 0 atom stereocenters. The van der Waals surface area contributed by atoms with Crippen molar-refractivity contribution in [3.63, 3.8) is 0 Å². The predicted octanol–water partition coefficient (Wildman–Crippen LogP) is 2.51. The first-order valence-electron chi connectivity index (χ1n) is 5.36. The summed E-state index contributed by atoms with van der Waals surface area (Å²) in [4.78, 5) is 15.7. The Hall–Kier alpha value is -2.10. The summed E-state index contributed by atoms with van der Waals surface area (Å²) in [5, 5.41) is 10.0. The van der Waals surface area contributed by atoms with Gasteiger partial charge >= 0.3 is 5.97 Å². The largest absolute Gasteiger partial charge is 0.506 e. The van der Waals surface area contributed by atoms with E-state index in [1.807, 2.05) is 0 Å². The minimum atomic E-state index is -0.370. The summed E-state index contributed by atoms with van der Waals surface area (Å²) in [6.07, 6.45) is 1.22. The molecule has 4 heteroatoms. The number of pyridine rings is 1. The summed E-state index contributed by atoms with van der Waals surface area (Å²) < 4.78 is 5.09. The van der Waals surface area contributed by atoms with Crippen LogP contribution in [0.3, 0.4) is 0 Å². The smallest absolute Gasteiger partial charge is 0.338 e. The molecule has 1 aromatic heterocycles. The summed E-state index contributed by atoms with van der Waals surface area (Å²) in [6.45, 7) is 3.60. The topological polar surface area (TPSA) is 59.4 Å². The number of esters is 1. The molecule has 0 amide bonds. The number of aromatic hydroxyl groups is 1. The highest BCUT2D eigenvalue weighted by atomic mass is 16.5. The van der Waals surface area contributed by atoms with Crippen LogP contribution in [0, 0.1) is 0 Å². The van der Waals surface area contributed by atoms with Gasteiger partial charge in [-0.15, -0.1) is 0 Å². The molecule has 1 aromatic carbocycles. The number of hydrogen-bond donors (Lipinski definition) is 1. The first-order valence-corrected chi connectivity index (χ1v) is 5.36. The molecule has 0 radical (unpaired) electrons. The van der Waals surface area contributed by atoms with Gasteiger partial charge in [0.25, 0.3) is 0 Å².